The first-order chi connectivity index (χ1) is 52.7. The summed E-state index contributed by atoms with van der Waals surface area (Å²) in [6.07, 6.45) is 94.8. The molecule has 0 aliphatic carbocycles. The fraction of sp³-hybridized carbons (Fsp3) is 0.640. The molecule has 5 atom stereocenters. The van der Waals surface area contributed by atoms with Crippen molar-refractivity contribution >= 4 is 39.5 Å². The summed E-state index contributed by atoms with van der Waals surface area (Å²) >= 11 is 0. The van der Waals surface area contributed by atoms with Crippen LogP contribution in [0.15, 0.2) is 170 Å². The maximum absolute atomic E-state index is 13.1. The molecule has 3 N–H and O–H groups in total. The molecule has 0 amide bonds. The van der Waals surface area contributed by atoms with Crippen molar-refractivity contribution < 1.29 is 80.2 Å². The third-order valence-corrected chi connectivity index (χ3v) is 18.6. The van der Waals surface area contributed by atoms with E-state index in [0.717, 1.165) is 161 Å². The van der Waals surface area contributed by atoms with Crippen LogP contribution in [0.25, 0.3) is 0 Å². The van der Waals surface area contributed by atoms with Crippen LogP contribution >= 0.6 is 15.6 Å². The van der Waals surface area contributed by atoms with Gasteiger partial charge in [-0.1, -0.05) is 313 Å². The monoisotopic (exact) mass is 1550 g/mol. The largest absolute Gasteiger partial charge is 0.472 e. The van der Waals surface area contributed by atoms with E-state index in [2.05, 4.69) is 180 Å². The van der Waals surface area contributed by atoms with Gasteiger partial charge in [0.25, 0.3) is 0 Å². The molecular formula is C89H146O17P2. The number of rotatable bonds is 76. The molecule has 108 heavy (non-hydrogen) atoms. The Morgan fingerprint density at radius 3 is 0.815 bits per heavy atom. The second kappa shape index (κ2) is 79.5. The maximum atomic E-state index is 13.1. The Hall–Kier alpha value is -5.58. The zero-order valence-corrected chi connectivity index (χ0v) is 69.0. The van der Waals surface area contributed by atoms with Gasteiger partial charge < -0.3 is 33.8 Å². The van der Waals surface area contributed by atoms with Crippen molar-refractivity contribution in [3.8, 4) is 0 Å². The minimum Gasteiger partial charge on any atom is -0.462 e. The number of phosphoric acid groups is 2. The highest BCUT2D eigenvalue weighted by molar-refractivity contribution is 7.47. The van der Waals surface area contributed by atoms with Gasteiger partial charge in [-0.15, -0.1) is 0 Å². The lowest BCUT2D eigenvalue weighted by Gasteiger charge is -2.21. The van der Waals surface area contributed by atoms with Gasteiger partial charge in [0.15, 0.2) is 12.2 Å². The molecule has 0 aromatic rings. The summed E-state index contributed by atoms with van der Waals surface area (Å²) < 4.78 is 68.6. The van der Waals surface area contributed by atoms with E-state index in [9.17, 15) is 43.2 Å². The van der Waals surface area contributed by atoms with E-state index in [1.54, 1.807) is 0 Å². The Morgan fingerprint density at radius 1 is 0.269 bits per heavy atom. The number of carbonyl (C=O) groups excluding carboxylic acids is 4. The number of carbonyl (C=O) groups is 4. The molecule has 19 heteroatoms. The summed E-state index contributed by atoms with van der Waals surface area (Å²) in [5.74, 6) is -2.34. The first-order valence-corrected chi connectivity index (χ1v) is 44.4. The minimum atomic E-state index is -5.01. The van der Waals surface area contributed by atoms with Crippen molar-refractivity contribution in [1.82, 2.24) is 0 Å². The molecule has 5 unspecified atom stereocenters. The number of phosphoric ester groups is 2. The number of esters is 4. The van der Waals surface area contributed by atoms with Crippen molar-refractivity contribution in [2.45, 2.75) is 329 Å². The first-order valence-electron chi connectivity index (χ1n) is 41.4. The maximum Gasteiger partial charge on any atom is 0.472 e. The van der Waals surface area contributed by atoms with Crippen LogP contribution in [0, 0.1) is 0 Å². The molecule has 0 fully saturated rings. The third kappa shape index (κ3) is 78.5. The number of aliphatic hydroxyl groups excluding tert-OH is 1. The van der Waals surface area contributed by atoms with Crippen LogP contribution in [0.3, 0.4) is 0 Å². The fourth-order valence-corrected chi connectivity index (χ4v) is 12.1. The van der Waals surface area contributed by atoms with Gasteiger partial charge in [0.2, 0.25) is 0 Å². The predicted octanol–water partition coefficient (Wildman–Crippen LogP) is 24.6. The lowest BCUT2D eigenvalue weighted by Crippen LogP contribution is -2.30. The number of allylic oxidation sites excluding steroid dienone is 28. The Kier molecular flexibility index (Phi) is 75.4. The van der Waals surface area contributed by atoms with Crippen LogP contribution in [-0.2, 0) is 65.4 Å². The molecular weight excluding hydrogens is 1400 g/mol. The summed E-state index contributed by atoms with van der Waals surface area (Å²) in [5, 5.41) is 10.7. The van der Waals surface area contributed by atoms with Crippen molar-refractivity contribution in [2.24, 2.45) is 0 Å². The summed E-state index contributed by atoms with van der Waals surface area (Å²) in [6, 6.07) is 0. The molecule has 0 aliphatic rings. The van der Waals surface area contributed by atoms with Crippen molar-refractivity contribution in [3.05, 3.63) is 170 Å². The lowest BCUT2D eigenvalue weighted by molar-refractivity contribution is -0.161. The van der Waals surface area contributed by atoms with E-state index in [1.807, 2.05) is 18.2 Å². The zero-order valence-electron chi connectivity index (χ0n) is 67.2. The van der Waals surface area contributed by atoms with E-state index in [4.69, 9.17) is 37.0 Å². The Balaban J connectivity index is 5.49. The smallest absolute Gasteiger partial charge is 0.462 e. The fourth-order valence-electron chi connectivity index (χ4n) is 10.5. The van der Waals surface area contributed by atoms with Gasteiger partial charge >= 0.3 is 39.5 Å². The van der Waals surface area contributed by atoms with Crippen LogP contribution in [-0.4, -0.2) is 96.7 Å². The van der Waals surface area contributed by atoms with Gasteiger partial charge in [0.1, 0.15) is 19.3 Å². The highest BCUT2D eigenvalue weighted by Crippen LogP contribution is 2.45. The molecule has 0 saturated carbocycles. The van der Waals surface area contributed by atoms with Gasteiger partial charge in [-0.3, -0.25) is 37.3 Å². The van der Waals surface area contributed by atoms with Crippen LogP contribution < -0.4 is 0 Å². The topological polar surface area (TPSA) is 237 Å². The molecule has 0 radical (unpaired) electrons. The Bertz CT molecular complexity index is 2710. The SMILES string of the molecule is CC/C=C\C/C=C\C/C=C\C/C=C\C/C=C\C/C=C\CCC(=O)OCC(COP(=O)(O)OCC(O)COP(=O)(O)OCC(COC(=O)CCCC/C=C\C/C=C\C/C=C\C/C=C\CC)OC(=O)CCCCCCCCCCCCCCCCC)OC(=O)CCCCCCCC/C=C\C/C=C\C/C=C\C/C=C\CC. The zero-order chi connectivity index (χ0) is 78.9. The number of aliphatic hydroxyl groups is 1. The van der Waals surface area contributed by atoms with Gasteiger partial charge in [-0.05, 0) is 141 Å². The second-order valence-electron chi connectivity index (χ2n) is 26.9. The van der Waals surface area contributed by atoms with Crippen molar-refractivity contribution in [3.63, 3.8) is 0 Å². The molecule has 0 saturated heterocycles. The van der Waals surface area contributed by atoms with Crippen LogP contribution in [0.5, 0.6) is 0 Å². The molecule has 614 valence electrons. The standard InChI is InChI=1S/C89H146O17P2/c1-5-9-13-17-21-25-29-33-37-39-41-43-47-50-54-58-62-66-70-74-87(92)100-80-85(106-89(94)76-72-68-64-60-56-52-48-44-42-40-38-34-30-26-22-18-14-10-6-2)82-104-108(97,98)102-78-83(90)77-101-107(95,96)103-81-84(105-88(93)75-71-67-63-59-55-51-46-36-32-28-24-20-16-12-8-4)79-99-86(91)73-69-65-61-57-53-49-45-35-31-27-23-19-15-11-7-3/h9-11,13-15,21-23,25-27,33-35,37-38,41-45,50,53-54,57,62,66,83-85,90H,5-8,12,16-20,24,28-32,36,39-40,46-49,51-52,55-56,58-61,63-65,67-82H2,1-4H3,(H,95,96)(H,97,98)/b13-9-,14-10-,15-11-,25-21-,26-22-,27-23-,37-33-,38-34-,43-41-,44-42-,45-35-,54-50-,57-53-,66-62-. The molecule has 0 spiro atoms. The van der Waals surface area contributed by atoms with Crippen LogP contribution in [0.1, 0.15) is 310 Å². The van der Waals surface area contributed by atoms with Gasteiger partial charge in [0.05, 0.1) is 26.4 Å². The molecule has 0 heterocycles. The Labute approximate surface area is 654 Å². The van der Waals surface area contributed by atoms with Crippen molar-refractivity contribution in [2.75, 3.05) is 39.6 Å². The normalized spacial score (nSPS) is 14.7. The van der Waals surface area contributed by atoms with E-state index in [0.29, 0.717) is 32.1 Å². The van der Waals surface area contributed by atoms with Gasteiger partial charge in [-0.25, -0.2) is 9.13 Å². The quantitative estimate of drug-likeness (QED) is 0.0169. The predicted molar refractivity (Wildman–Crippen MR) is 445 cm³/mol. The second-order valence-corrected chi connectivity index (χ2v) is 29.8. The van der Waals surface area contributed by atoms with Gasteiger partial charge in [-0.2, -0.15) is 0 Å². The molecule has 0 aromatic carbocycles. The van der Waals surface area contributed by atoms with Crippen LogP contribution in [0.4, 0.5) is 0 Å². The number of hydrogen-bond acceptors (Lipinski definition) is 15. The number of ether oxygens (including phenoxy) is 4. The molecule has 0 bridgehead atoms. The van der Waals surface area contributed by atoms with Crippen molar-refractivity contribution in [1.29, 1.82) is 0 Å². The molecule has 0 aromatic heterocycles. The average molecular weight is 1550 g/mol. The number of unbranched alkanes of at least 4 members (excludes halogenated alkanes) is 22. The van der Waals surface area contributed by atoms with Gasteiger partial charge in [0, 0.05) is 25.7 Å². The summed E-state index contributed by atoms with van der Waals surface area (Å²) in [6.45, 7) is 4.40. The average Bonchev–Trinajstić information content (AvgIpc) is 0.896. The third-order valence-electron chi connectivity index (χ3n) is 16.7. The first kappa shape index (κ1) is 102. The summed E-state index contributed by atoms with van der Waals surface area (Å²) in [4.78, 5) is 73.1. The molecule has 17 nitrogen and oxygen atoms in total. The summed E-state index contributed by atoms with van der Waals surface area (Å²) in [5.41, 5.74) is 0. The van der Waals surface area contributed by atoms with E-state index in [1.165, 1.54) is 64.2 Å². The lowest BCUT2D eigenvalue weighted by atomic mass is 10.0. The highest BCUT2D eigenvalue weighted by Gasteiger charge is 2.30. The van der Waals surface area contributed by atoms with E-state index < -0.39 is 97.5 Å². The van der Waals surface area contributed by atoms with E-state index >= 15 is 0 Å². The summed E-state index contributed by atoms with van der Waals surface area (Å²) in [7, 11) is -10.0. The molecule has 0 rings (SSSR count). The molecule has 0 aliphatic heterocycles. The van der Waals surface area contributed by atoms with E-state index in [-0.39, 0.29) is 25.7 Å². The highest BCUT2D eigenvalue weighted by atomic mass is 31.2. The minimum absolute atomic E-state index is 0.0263. The number of hydrogen-bond donors (Lipinski definition) is 3. The Morgan fingerprint density at radius 2 is 0.500 bits per heavy atom. The van der Waals surface area contributed by atoms with Crippen LogP contribution in [0.2, 0.25) is 0 Å².